The fraction of sp³-hybridized carbons (Fsp3) is 1.00. The zero-order chi connectivity index (χ0) is 12.4. The first-order chi connectivity index (χ1) is 7.67. The van der Waals surface area contributed by atoms with Gasteiger partial charge in [0.15, 0.2) is 0 Å². The van der Waals surface area contributed by atoms with E-state index < -0.39 is 0 Å². The molecule has 0 aromatic rings. The number of hydrogen-bond donors (Lipinski definition) is 1. The first-order valence-corrected chi connectivity index (χ1v) is 7.08. The van der Waals surface area contributed by atoms with Gasteiger partial charge in [-0.1, -0.05) is 40.5 Å². The molecule has 0 heterocycles. The maximum absolute atomic E-state index is 9.50. The third-order valence-electron chi connectivity index (χ3n) is 3.60. The molecule has 0 bridgehead atoms. The van der Waals surface area contributed by atoms with Crippen molar-refractivity contribution < 1.29 is 5.11 Å². The van der Waals surface area contributed by atoms with E-state index in [1.54, 1.807) is 0 Å². The lowest BCUT2D eigenvalue weighted by molar-refractivity contribution is 0.146. The van der Waals surface area contributed by atoms with Crippen molar-refractivity contribution in [3.05, 3.63) is 0 Å². The van der Waals surface area contributed by atoms with E-state index >= 15 is 0 Å². The van der Waals surface area contributed by atoms with Gasteiger partial charge in [0.1, 0.15) is 0 Å². The van der Waals surface area contributed by atoms with Crippen LogP contribution >= 0.6 is 0 Å². The molecule has 2 nitrogen and oxygen atoms in total. The second kappa shape index (κ2) is 10.1. The van der Waals surface area contributed by atoms with Crippen LogP contribution in [0, 0.1) is 5.92 Å². The van der Waals surface area contributed by atoms with E-state index in [0.717, 1.165) is 38.3 Å². The van der Waals surface area contributed by atoms with Gasteiger partial charge < -0.3 is 10.0 Å². The van der Waals surface area contributed by atoms with Crippen LogP contribution in [0.5, 0.6) is 0 Å². The van der Waals surface area contributed by atoms with Crippen molar-refractivity contribution in [1.29, 1.82) is 0 Å². The summed E-state index contributed by atoms with van der Waals surface area (Å²) in [6.07, 6.45) is 5.44. The minimum absolute atomic E-state index is 0.0909. The molecule has 0 aliphatic rings. The lowest BCUT2D eigenvalue weighted by atomic mass is 10.0. The van der Waals surface area contributed by atoms with Crippen LogP contribution in [-0.2, 0) is 0 Å². The van der Waals surface area contributed by atoms with Crippen LogP contribution in [0.25, 0.3) is 0 Å². The van der Waals surface area contributed by atoms with Crippen molar-refractivity contribution in [3.63, 3.8) is 0 Å². The van der Waals surface area contributed by atoms with Crippen molar-refractivity contribution in [2.24, 2.45) is 5.92 Å². The summed E-state index contributed by atoms with van der Waals surface area (Å²) in [6.45, 7) is 12.4. The Morgan fingerprint density at radius 2 is 1.62 bits per heavy atom. The smallest absolute Gasteiger partial charge is 0.0538 e. The summed E-state index contributed by atoms with van der Waals surface area (Å²) in [6, 6.07) is 0. The molecule has 0 aromatic heterocycles. The quantitative estimate of drug-likeness (QED) is 0.621. The number of aliphatic hydroxyl groups is 1. The lowest BCUT2D eigenvalue weighted by Crippen LogP contribution is -2.30. The number of hydrogen-bond acceptors (Lipinski definition) is 2. The van der Waals surface area contributed by atoms with Crippen molar-refractivity contribution in [3.8, 4) is 0 Å². The predicted octanol–water partition coefficient (Wildman–Crippen LogP) is 3.30. The normalized spacial score (nSPS) is 13.7. The summed E-state index contributed by atoms with van der Waals surface area (Å²) in [5.41, 5.74) is 0. The van der Waals surface area contributed by atoms with Gasteiger partial charge in [-0.2, -0.15) is 0 Å². The van der Waals surface area contributed by atoms with Gasteiger partial charge in [-0.3, -0.25) is 0 Å². The summed E-state index contributed by atoms with van der Waals surface area (Å²) in [5.74, 6) is 0.844. The van der Waals surface area contributed by atoms with Gasteiger partial charge in [-0.05, 0) is 38.3 Å². The van der Waals surface area contributed by atoms with Gasteiger partial charge in [-0.25, -0.2) is 0 Å². The molecule has 0 aliphatic carbocycles. The van der Waals surface area contributed by atoms with Gasteiger partial charge in [0.25, 0.3) is 0 Å². The maximum atomic E-state index is 9.50. The summed E-state index contributed by atoms with van der Waals surface area (Å²) in [7, 11) is 0. The van der Waals surface area contributed by atoms with E-state index in [9.17, 15) is 5.11 Å². The molecule has 16 heavy (non-hydrogen) atoms. The van der Waals surface area contributed by atoms with E-state index in [4.69, 9.17) is 0 Å². The highest BCUT2D eigenvalue weighted by Crippen LogP contribution is 2.11. The Hall–Kier alpha value is -0.0800. The standard InChI is InChI=1S/C14H31NO/c1-5-13(6-2)12-15(8-4)11-9-10-14(16)7-3/h13-14,16H,5-12H2,1-4H3. The molecule has 0 saturated heterocycles. The Morgan fingerprint density at radius 3 is 2.06 bits per heavy atom. The van der Waals surface area contributed by atoms with Gasteiger partial charge >= 0.3 is 0 Å². The average molecular weight is 229 g/mol. The molecule has 0 aliphatic heterocycles. The van der Waals surface area contributed by atoms with Crippen LogP contribution in [0.15, 0.2) is 0 Å². The molecule has 0 spiro atoms. The van der Waals surface area contributed by atoms with Crippen LogP contribution in [0.1, 0.15) is 59.8 Å². The molecule has 0 fully saturated rings. The average Bonchev–Trinajstić information content (AvgIpc) is 2.33. The highest BCUT2D eigenvalue weighted by molar-refractivity contribution is 4.64. The number of nitrogens with zero attached hydrogens (tertiary/aromatic N) is 1. The lowest BCUT2D eigenvalue weighted by Gasteiger charge is -2.25. The van der Waals surface area contributed by atoms with Crippen LogP contribution < -0.4 is 0 Å². The molecule has 98 valence electrons. The van der Waals surface area contributed by atoms with Crippen molar-refractivity contribution in [2.45, 2.75) is 65.9 Å². The molecule has 0 radical (unpaired) electrons. The van der Waals surface area contributed by atoms with Gasteiger partial charge in [-0.15, -0.1) is 0 Å². The molecule has 0 rings (SSSR count). The molecular weight excluding hydrogens is 198 g/mol. The second-order valence-electron chi connectivity index (χ2n) is 4.78. The number of rotatable bonds is 10. The third-order valence-corrected chi connectivity index (χ3v) is 3.60. The molecule has 0 amide bonds. The Labute approximate surface area is 102 Å². The molecule has 1 atom stereocenters. The fourth-order valence-corrected chi connectivity index (χ4v) is 2.05. The van der Waals surface area contributed by atoms with E-state index in [-0.39, 0.29) is 6.10 Å². The Bertz CT molecular complexity index is 146. The maximum Gasteiger partial charge on any atom is 0.0538 e. The minimum Gasteiger partial charge on any atom is -0.393 e. The number of aliphatic hydroxyl groups excluding tert-OH is 1. The topological polar surface area (TPSA) is 23.5 Å². The fourth-order valence-electron chi connectivity index (χ4n) is 2.05. The van der Waals surface area contributed by atoms with Gasteiger partial charge in [0.2, 0.25) is 0 Å². The van der Waals surface area contributed by atoms with Gasteiger partial charge in [0, 0.05) is 6.54 Å². The molecule has 0 aromatic carbocycles. The van der Waals surface area contributed by atoms with Crippen molar-refractivity contribution >= 4 is 0 Å². The summed E-state index contributed by atoms with van der Waals surface area (Å²) >= 11 is 0. The van der Waals surface area contributed by atoms with E-state index in [0.29, 0.717) is 0 Å². The first kappa shape index (κ1) is 15.9. The predicted molar refractivity (Wildman–Crippen MR) is 71.7 cm³/mol. The highest BCUT2D eigenvalue weighted by Gasteiger charge is 2.10. The summed E-state index contributed by atoms with van der Waals surface area (Å²) < 4.78 is 0. The van der Waals surface area contributed by atoms with Crippen molar-refractivity contribution in [2.75, 3.05) is 19.6 Å². The molecule has 2 heteroatoms. The Morgan fingerprint density at radius 1 is 1.00 bits per heavy atom. The molecular formula is C14H31NO. The van der Waals surface area contributed by atoms with Crippen LogP contribution in [0.3, 0.4) is 0 Å². The van der Waals surface area contributed by atoms with Gasteiger partial charge in [0.05, 0.1) is 6.10 Å². The summed E-state index contributed by atoms with van der Waals surface area (Å²) in [4.78, 5) is 2.53. The summed E-state index contributed by atoms with van der Waals surface area (Å²) in [5, 5.41) is 9.50. The zero-order valence-corrected chi connectivity index (χ0v) is 11.7. The monoisotopic (exact) mass is 229 g/mol. The second-order valence-corrected chi connectivity index (χ2v) is 4.78. The molecule has 0 saturated carbocycles. The SMILES string of the molecule is CCC(O)CCCN(CC)CC(CC)CC. The molecule has 1 unspecified atom stereocenters. The largest absolute Gasteiger partial charge is 0.393 e. The zero-order valence-electron chi connectivity index (χ0n) is 11.7. The van der Waals surface area contributed by atoms with E-state index in [2.05, 4.69) is 25.7 Å². The highest BCUT2D eigenvalue weighted by atomic mass is 16.3. The molecule has 1 N–H and O–H groups in total. The minimum atomic E-state index is -0.0909. The Kier molecular flexibility index (Phi) is 10.0. The third kappa shape index (κ3) is 7.24. The van der Waals surface area contributed by atoms with Crippen LogP contribution in [-0.4, -0.2) is 35.7 Å². The Balaban J connectivity index is 3.73. The first-order valence-electron chi connectivity index (χ1n) is 7.08. The van der Waals surface area contributed by atoms with Crippen LogP contribution in [0.4, 0.5) is 0 Å². The van der Waals surface area contributed by atoms with E-state index in [1.165, 1.54) is 19.4 Å². The van der Waals surface area contributed by atoms with Crippen molar-refractivity contribution in [1.82, 2.24) is 4.90 Å². The van der Waals surface area contributed by atoms with Crippen LogP contribution in [0.2, 0.25) is 0 Å². The van der Waals surface area contributed by atoms with E-state index in [1.807, 2.05) is 6.92 Å².